The van der Waals surface area contributed by atoms with Gasteiger partial charge in [-0.25, -0.2) is 24.9 Å². The Hall–Kier alpha value is -7.38. The molecule has 0 saturated carbocycles. The maximum Gasteiger partial charge on any atom is 0.127 e. The van der Waals surface area contributed by atoms with E-state index in [2.05, 4.69) is 271 Å². The molecule has 0 aliphatic carbocycles. The van der Waals surface area contributed by atoms with Crippen molar-refractivity contribution in [2.24, 2.45) is 28.2 Å². The number of nitrogens with one attached hydrogen (secondary N) is 2. The van der Waals surface area contributed by atoms with Crippen molar-refractivity contribution >= 4 is 56.7 Å². The van der Waals surface area contributed by atoms with Crippen molar-refractivity contribution in [3.63, 3.8) is 0 Å². The van der Waals surface area contributed by atoms with Gasteiger partial charge in [0.15, 0.2) is 0 Å². The van der Waals surface area contributed by atoms with Crippen LogP contribution < -0.4 is 0 Å². The molecule has 0 atom stereocenters. The monoisotopic (exact) mass is 1520 g/mol. The summed E-state index contributed by atoms with van der Waals surface area (Å²) in [7, 11) is 7.89. The molecule has 0 unspecified atom stereocenters. The van der Waals surface area contributed by atoms with Gasteiger partial charge in [-0.1, -0.05) is 171 Å². The van der Waals surface area contributed by atoms with Crippen LogP contribution in [0.4, 0.5) is 0 Å². The molecule has 0 saturated heterocycles. The summed E-state index contributed by atoms with van der Waals surface area (Å²) >= 11 is 8.69. The highest BCUT2D eigenvalue weighted by molar-refractivity contribution is 7.12. The van der Waals surface area contributed by atoms with E-state index < -0.39 is 0 Å². The minimum absolute atomic E-state index is 0.529. The summed E-state index contributed by atoms with van der Waals surface area (Å²) in [6, 6.07) is 4.04. The number of nitrogens with zero attached hydrogens (tertiary/aromatic N) is 16. The van der Waals surface area contributed by atoms with Gasteiger partial charge in [-0.3, -0.25) is 29.2 Å². The number of imidazole rings is 1. The first-order chi connectivity index (χ1) is 48.9. The van der Waals surface area contributed by atoms with Crippen LogP contribution in [0.3, 0.4) is 0 Å². The summed E-state index contributed by atoms with van der Waals surface area (Å²) in [4.78, 5) is 29.1. The third kappa shape index (κ3) is 40.2. The van der Waals surface area contributed by atoms with Gasteiger partial charge >= 0.3 is 0 Å². The van der Waals surface area contributed by atoms with Crippen LogP contribution >= 0.6 is 56.7 Å². The van der Waals surface area contributed by atoms with Gasteiger partial charge in [0.2, 0.25) is 0 Å². The SMILES string of the molecule is CC(C)c1ccn[nH]1.CC(C)c1ccnn1C.CC(C)c1cn[nH]c1.CC(C)c1cncs1.CC(C)c1cnn(C)c1.CC(C)c1cnn(C)c1.CC(C)c1cnoc1.CC(C)c1cscn1.Cc1cnc(C(C)C)s1.Cc1csc(C(C)C)n1.Cc1ncc(C(C)C)n1C.Cc1ncc(C(C)C)s1. The molecule has 12 aromatic rings. The van der Waals surface area contributed by atoms with Gasteiger partial charge in [0, 0.05) is 150 Å². The number of hydrogen-bond donors (Lipinski definition) is 2. The molecule has 12 aromatic heterocycles. The van der Waals surface area contributed by atoms with Crippen molar-refractivity contribution in [3.05, 3.63) is 207 Å². The molecule has 0 fully saturated rings. The van der Waals surface area contributed by atoms with E-state index in [0.717, 1.165) is 17.1 Å². The maximum atomic E-state index is 4.63. The van der Waals surface area contributed by atoms with Crippen LogP contribution in [0.2, 0.25) is 0 Å². The zero-order chi connectivity index (χ0) is 78.8. The summed E-state index contributed by atoms with van der Waals surface area (Å²) in [6.45, 7) is 59.9. The summed E-state index contributed by atoms with van der Waals surface area (Å²) in [5.74, 6) is 8.16. The summed E-state index contributed by atoms with van der Waals surface area (Å²) < 4.78 is 12.3. The lowest BCUT2D eigenvalue weighted by atomic mass is 10.1. The molecule has 19 nitrogen and oxygen atoms in total. The van der Waals surface area contributed by atoms with Crippen LogP contribution in [-0.4, -0.2) is 89.4 Å². The van der Waals surface area contributed by atoms with Gasteiger partial charge in [-0.15, -0.1) is 56.7 Å². The fourth-order valence-corrected chi connectivity index (χ4v) is 11.8. The molecule has 104 heavy (non-hydrogen) atoms. The van der Waals surface area contributed by atoms with E-state index in [1.165, 1.54) is 69.1 Å². The zero-order valence-electron chi connectivity index (χ0n) is 69.1. The lowest BCUT2D eigenvalue weighted by molar-refractivity contribution is 0.418. The Bertz CT molecular complexity index is 3420. The highest BCUT2D eigenvalue weighted by Crippen LogP contribution is 2.23. The normalized spacial score (nSPS) is 10.6. The number of aromatic amines is 2. The number of rotatable bonds is 12. The second kappa shape index (κ2) is 51.7. The van der Waals surface area contributed by atoms with Crippen molar-refractivity contribution in [3.8, 4) is 0 Å². The number of hydrogen-bond acceptors (Lipinski definition) is 18. The van der Waals surface area contributed by atoms with Crippen molar-refractivity contribution in [2.45, 2.75) is 265 Å². The van der Waals surface area contributed by atoms with Crippen LogP contribution in [0.1, 0.15) is 323 Å². The van der Waals surface area contributed by atoms with E-state index in [1.54, 1.807) is 75.3 Å². The summed E-state index contributed by atoms with van der Waals surface area (Å²) in [5, 5.41) is 36.8. The first kappa shape index (κ1) is 94.6. The van der Waals surface area contributed by atoms with E-state index in [-0.39, 0.29) is 0 Å². The second-order valence-electron chi connectivity index (χ2n) is 28.7. The van der Waals surface area contributed by atoms with Gasteiger partial charge in [-0.05, 0) is 116 Å². The lowest BCUT2D eigenvalue weighted by Crippen LogP contribution is -1.99. The Labute approximate surface area is 646 Å². The molecule has 0 radical (unpaired) electrons. The van der Waals surface area contributed by atoms with E-state index in [1.807, 2.05) is 147 Å². The minimum atomic E-state index is 0.529. The molecule has 2 N–H and O–H groups in total. The van der Waals surface area contributed by atoms with Crippen LogP contribution in [0, 0.1) is 27.7 Å². The first-order valence-corrected chi connectivity index (χ1v) is 40.5. The van der Waals surface area contributed by atoms with Crippen LogP contribution in [0.25, 0.3) is 0 Å². The Kier molecular flexibility index (Phi) is 47.1. The Morgan fingerprint density at radius 3 is 1.24 bits per heavy atom. The predicted molar refractivity (Wildman–Crippen MR) is 445 cm³/mol. The largest absolute Gasteiger partial charge is 0.364 e. The third-order valence-electron chi connectivity index (χ3n) is 15.1. The molecule has 0 bridgehead atoms. The Morgan fingerprint density at radius 2 is 1.03 bits per heavy atom. The van der Waals surface area contributed by atoms with Gasteiger partial charge in [0.1, 0.15) is 12.1 Å². The quantitative estimate of drug-likeness (QED) is 0.116. The molecule has 12 rings (SSSR count). The molecular weight excluding hydrogens is 1390 g/mol. The van der Waals surface area contributed by atoms with E-state index in [0.29, 0.717) is 71.0 Å². The molecule has 0 aliphatic heterocycles. The van der Waals surface area contributed by atoms with Crippen LogP contribution in [0.15, 0.2) is 125 Å². The first-order valence-electron chi connectivity index (χ1n) is 36.2. The van der Waals surface area contributed by atoms with E-state index >= 15 is 0 Å². The Morgan fingerprint density at radius 1 is 0.442 bits per heavy atom. The standard InChI is InChI=1S/C8H14N2.3C7H12N2.3C7H11NS.2C6H10N2.C6H9NO.2C6H9NS/c1-6(2)8-5-9-7(3)10(8)4;2*1-6(2)7-4-8-9(3)5-7;1-6(2)7-4-5-8-9(7)3;1-5(2)7-4-8-6(3)9-7;1-5(2)7-8-6(3)4-9-7;1-5(2)7-8-4-6(3)9-7;1-5(2)6-3-7-8-4-6;1-5(2)6-3-4-7-8-6;1-5(2)6-3-7-8-4-6;1-5(2)6-3-8-4-7-6;1-5(2)6-3-7-4-8-6/h5-6H,1-4H3;3*4-6H,1-3H3;3*4-5H,1-3H3;2*3-5H,1-2H3,(H,7,8);3*3-5H,1-2H3. The molecule has 0 aromatic carbocycles. The average Bonchev–Trinajstić information content (AvgIpc) is 1.74. The van der Waals surface area contributed by atoms with Gasteiger partial charge in [-0.2, -0.15) is 25.5 Å². The fraction of sp³-hybridized carbons (Fsp3) is 0.550. The zero-order valence-corrected chi connectivity index (χ0v) is 73.2. The van der Waals surface area contributed by atoms with Crippen molar-refractivity contribution in [1.82, 2.24) is 89.4 Å². The fourth-order valence-electron chi connectivity index (χ4n) is 8.08. The summed E-state index contributed by atoms with van der Waals surface area (Å²) in [5.41, 5.74) is 14.9. The van der Waals surface area contributed by atoms with Gasteiger partial charge < -0.3 is 9.09 Å². The molecule has 12 heterocycles. The minimum Gasteiger partial charge on any atom is -0.364 e. The number of H-pyrrole nitrogens is 2. The second-order valence-corrected chi connectivity index (χ2v) is 33.7. The third-order valence-corrected chi connectivity index (χ3v) is 20.4. The average molecular weight is 1520 g/mol. The number of aryl methyl sites for hydroxylation is 7. The smallest absolute Gasteiger partial charge is 0.127 e. The van der Waals surface area contributed by atoms with Crippen molar-refractivity contribution < 1.29 is 4.52 Å². The highest BCUT2D eigenvalue weighted by Gasteiger charge is 2.08. The Balaban J connectivity index is 0.000000568. The van der Waals surface area contributed by atoms with E-state index in [9.17, 15) is 0 Å². The molecule has 0 spiro atoms. The van der Waals surface area contributed by atoms with E-state index in [4.69, 9.17) is 0 Å². The van der Waals surface area contributed by atoms with Crippen molar-refractivity contribution in [1.29, 1.82) is 0 Å². The van der Waals surface area contributed by atoms with Gasteiger partial charge in [0.05, 0.1) is 56.5 Å². The topological polar surface area (TPSA) is 219 Å². The molecular formula is C80H130N18OS5. The predicted octanol–water partition coefficient (Wildman–Crippen LogP) is 23.6. The summed E-state index contributed by atoms with van der Waals surface area (Å²) in [6.07, 6.45) is 26.5. The number of aromatic nitrogens is 18. The van der Waals surface area contributed by atoms with Gasteiger partial charge in [0.25, 0.3) is 0 Å². The van der Waals surface area contributed by atoms with Crippen LogP contribution in [-0.2, 0) is 28.2 Å². The van der Waals surface area contributed by atoms with Crippen LogP contribution in [0.5, 0.6) is 0 Å². The van der Waals surface area contributed by atoms with Crippen molar-refractivity contribution in [2.75, 3.05) is 0 Å². The highest BCUT2D eigenvalue weighted by atomic mass is 32.1. The maximum absolute atomic E-state index is 4.63. The number of thiazole rings is 5. The lowest BCUT2D eigenvalue weighted by Gasteiger charge is -2.05. The molecule has 24 heteroatoms. The molecule has 576 valence electrons. The molecule has 0 aliphatic rings. The molecule has 0 amide bonds.